The van der Waals surface area contributed by atoms with Crippen molar-refractivity contribution in [3.63, 3.8) is 0 Å². The molecule has 0 unspecified atom stereocenters. The third-order valence-electron chi connectivity index (χ3n) is 3.97. The number of imidazole rings is 1. The second-order valence-electron chi connectivity index (χ2n) is 5.55. The van der Waals surface area contributed by atoms with Gasteiger partial charge in [-0.2, -0.15) is 0 Å². The Morgan fingerprint density at radius 2 is 2.12 bits per heavy atom. The summed E-state index contributed by atoms with van der Waals surface area (Å²) < 4.78 is 12.4. The third-order valence-corrected chi connectivity index (χ3v) is 3.97. The van der Waals surface area contributed by atoms with Crippen molar-refractivity contribution in [2.75, 3.05) is 13.7 Å². The number of aromatic nitrogens is 3. The van der Waals surface area contributed by atoms with Crippen molar-refractivity contribution < 1.29 is 14.3 Å². The first kappa shape index (κ1) is 16.2. The van der Waals surface area contributed by atoms with E-state index < -0.39 is 5.97 Å². The van der Waals surface area contributed by atoms with E-state index in [0.29, 0.717) is 12.3 Å². The standard InChI is InChI=1S/C18H21N3O3/c1-4-6-7-14-17-16(18(22)24-5-2)19-11-21(17)15-10-12(23-3)8-9-13(15)20-14/h8-11H,4-7H2,1-3H3. The van der Waals surface area contributed by atoms with E-state index in [4.69, 9.17) is 14.5 Å². The van der Waals surface area contributed by atoms with E-state index >= 15 is 0 Å². The van der Waals surface area contributed by atoms with Gasteiger partial charge in [-0.05, 0) is 31.9 Å². The Morgan fingerprint density at radius 3 is 2.83 bits per heavy atom. The van der Waals surface area contributed by atoms with Gasteiger partial charge in [-0.25, -0.2) is 14.8 Å². The second kappa shape index (κ2) is 6.86. The molecule has 24 heavy (non-hydrogen) atoms. The van der Waals surface area contributed by atoms with E-state index in [1.54, 1.807) is 20.4 Å². The van der Waals surface area contributed by atoms with Gasteiger partial charge in [-0.3, -0.25) is 4.40 Å². The highest BCUT2D eigenvalue weighted by Gasteiger charge is 2.20. The summed E-state index contributed by atoms with van der Waals surface area (Å²) in [7, 11) is 1.62. The number of benzene rings is 1. The van der Waals surface area contributed by atoms with Crippen molar-refractivity contribution in [1.29, 1.82) is 0 Å². The van der Waals surface area contributed by atoms with Crippen LogP contribution in [0.4, 0.5) is 0 Å². The average molecular weight is 327 g/mol. The molecule has 0 spiro atoms. The zero-order chi connectivity index (χ0) is 17.1. The summed E-state index contributed by atoms with van der Waals surface area (Å²) in [5.41, 5.74) is 3.62. The number of carbonyl (C=O) groups is 1. The topological polar surface area (TPSA) is 65.7 Å². The third kappa shape index (κ3) is 2.79. The predicted octanol–water partition coefficient (Wildman–Crippen LogP) is 3.41. The van der Waals surface area contributed by atoms with Gasteiger partial charge in [0.25, 0.3) is 0 Å². The van der Waals surface area contributed by atoms with Crippen LogP contribution >= 0.6 is 0 Å². The Bertz CT molecular complexity index is 886. The molecule has 0 aliphatic carbocycles. The lowest BCUT2D eigenvalue weighted by Crippen LogP contribution is -2.08. The lowest BCUT2D eigenvalue weighted by molar-refractivity contribution is 0.0522. The molecule has 126 valence electrons. The Balaban J connectivity index is 2.28. The molecule has 3 rings (SSSR count). The van der Waals surface area contributed by atoms with Crippen molar-refractivity contribution in [2.24, 2.45) is 0 Å². The number of unbranched alkanes of at least 4 members (excludes halogenated alkanes) is 1. The number of esters is 1. The number of nitrogens with zero attached hydrogens (tertiary/aromatic N) is 3. The molecular weight excluding hydrogens is 306 g/mol. The smallest absolute Gasteiger partial charge is 0.359 e. The molecule has 0 radical (unpaired) electrons. The molecule has 6 nitrogen and oxygen atoms in total. The summed E-state index contributed by atoms with van der Waals surface area (Å²) in [5, 5.41) is 0. The minimum atomic E-state index is -0.415. The molecule has 0 saturated heterocycles. The number of ether oxygens (including phenoxy) is 2. The van der Waals surface area contributed by atoms with Gasteiger partial charge in [0.2, 0.25) is 0 Å². The largest absolute Gasteiger partial charge is 0.497 e. The fourth-order valence-electron chi connectivity index (χ4n) is 2.79. The van der Waals surface area contributed by atoms with Gasteiger partial charge in [0.15, 0.2) is 5.69 Å². The quantitative estimate of drug-likeness (QED) is 0.649. The van der Waals surface area contributed by atoms with Crippen LogP contribution in [-0.4, -0.2) is 34.1 Å². The van der Waals surface area contributed by atoms with E-state index in [9.17, 15) is 4.79 Å². The molecule has 0 fully saturated rings. The fourth-order valence-corrected chi connectivity index (χ4v) is 2.79. The Morgan fingerprint density at radius 1 is 1.29 bits per heavy atom. The summed E-state index contributed by atoms with van der Waals surface area (Å²) in [5.74, 6) is 0.320. The number of rotatable bonds is 6. The highest BCUT2D eigenvalue weighted by molar-refractivity contribution is 5.97. The van der Waals surface area contributed by atoms with E-state index in [0.717, 1.165) is 47.3 Å². The molecule has 0 amide bonds. The first-order valence-corrected chi connectivity index (χ1v) is 8.20. The van der Waals surface area contributed by atoms with Crippen LogP contribution < -0.4 is 4.74 Å². The summed E-state index contributed by atoms with van der Waals surface area (Å²) in [4.78, 5) is 21.3. The van der Waals surface area contributed by atoms with Gasteiger partial charge in [0.05, 0.1) is 30.4 Å². The number of fused-ring (bicyclic) bond motifs is 3. The fraction of sp³-hybridized carbons (Fsp3) is 0.389. The van der Waals surface area contributed by atoms with E-state index in [2.05, 4.69) is 11.9 Å². The Labute approximate surface area is 140 Å². The first-order chi connectivity index (χ1) is 11.7. The molecule has 0 aliphatic heterocycles. The lowest BCUT2D eigenvalue weighted by Gasteiger charge is -2.10. The van der Waals surface area contributed by atoms with Crippen LogP contribution in [0.1, 0.15) is 42.9 Å². The Kier molecular flexibility index (Phi) is 4.64. The molecule has 0 atom stereocenters. The minimum Gasteiger partial charge on any atom is -0.497 e. The zero-order valence-electron chi connectivity index (χ0n) is 14.2. The maximum Gasteiger partial charge on any atom is 0.359 e. The lowest BCUT2D eigenvalue weighted by atomic mass is 10.1. The van der Waals surface area contributed by atoms with Gasteiger partial charge >= 0.3 is 5.97 Å². The van der Waals surface area contributed by atoms with Crippen LogP contribution in [0.3, 0.4) is 0 Å². The molecular formula is C18H21N3O3. The van der Waals surface area contributed by atoms with Crippen molar-refractivity contribution in [3.8, 4) is 5.75 Å². The van der Waals surface area contributed by atoms with Crippen LogP contribution in [0.2, 0.25) is 0 Å². The predicted molar refractivity (Wildman–Crippen MR) is 91.6 cm³/mol. The molecule has 3 aromatic rings. The maximum absolute atomic E-state index is 12.3. The highest BCUT2D eigenvalue weighted by atomic mass is 16.5. The van der Waals surface area contributed by atoms with Crippen LogP contribution in [0.25, 0.3) is 16.6 Å². The van der Waals surface area contributed by atoms with E-state index in [1.165, 1.54) is 0 Å². The molecule has 1 aromatic carbocycles. The summed E-state index contributed by atoms with van der Waals surface area (Å²) in [6, 6.07) is 5.70. The normalized spacial score (nSPS) is 11.1. The minimum absolute atomic E-state index is 0.316. The molecule has 2 heterocycles. The molecule has 0 N–H and O–H groups in total. The van der Waals surface area contributed by atoms with Crippen molar-refractivity contribution >= 4 is 22.5 Å². The zero-order valence-corrected chi connectivity index (χ0v) is 14.2. The number of hydrogen-bond acceptors (Lipinski definition) is 5. The van der Waals surface area contributed by atoms with E-state index in [-0.39, 0.29) is 0 Å². The number of hydrogen-bond donors (Lipinski definition) is 0. The molecule has 0 bridgehead atoms. The van der Waals surface area contributed by atoms with Crippen molar-refractivity contribution in [1.82, 2.24) is 14.4 Å². The second-order valence-corrected chi connectivity index (χ2v) is 5.55. The van der Waals surface area contributed by atoms with Gasteiger partial charge in [0.1, 0.15) is 17.6 Å². The monoisotopic (exact) mass is 327 g/mol. The molecule has 6 heteroatoms. The highest BCUT2D eigenvalue weighted by Crippen LogP contribution is 2.25. The van der Waals surface area contributed by atoms with Crippen molar-refractivity contribution in [3.05, 3.63) is 35.9 Å². The maximum atomic E-state index is 12.3. The van der Waals surface area contributed by atoms with Crippen molar-refractivity contribution in [2.45, 2.75) is 33.1 Å². The molecule has 0 aliphatic rings. The number of aryl methyl sites for hydroxylation is 1. The SMILES string of the molecule is CCCCc1nc2ccc(OC)cc2n2cnc(C(=O)OCC)c12. The van der Waals surface area contributed by atoms with Gasteiger partial charge in [-0.1, -0.05) is 13.3 Å². The summed E-state index contributed by atoms with van der Waals surface area (Å²) >= 11 is 0. The number of carbonyl (C=O) groups excluding carboxylic acids is 1. The van der Waals surface area contributed by atoms with Crippen LogP contribution in [-0.2, 0) is 11.2 Å². The average Bonchev–Trinajstić information content (AvgIpc) is 3.05. The first-order valence-electron chi connectivity index (χ1n) is 8.20. The van der Waals surface area contributed by atoms with E-state index in [1.807, 2.05) is 22.6 Å². The van der Waals surface area contributed by atoms with Crippen LogP contribution in [0.15, 0.2) is 24.5 Å². The van der Waals surface area contributed by atoms with Gasteiger partial charge in [0, 0.05) is 6.07 Å². The van der Waals surface area contributed by atoms with Gasteiger partial charge in [-0.15, -0.1) is 0 Å². The van der Waals surface area contributed by atoms with Crippen LogP contribution in [0, 0.1) is 0 Å². The van der Waals surface area contributed by atoms with Crippen LogP contribution in [0.5, 0.6) is 5.75 Å². The Hall–Kier alpha value is -2.63. The summed E-state index contributed by atoms with van der Waals surface area (Å²) in [6.45, 7) is 4.23. The summed E-state index contributed by atoms with van der Waals surface area (Å²) in [6.07, 6.45) is 4.50. The molecule has 2 aromatic heterocycles. The van der Waals surface area contributed by atoms with Gasteiger partial charge < -0.3 is 9.47 Å². The molecule has 0 saturated carbocycles. The number of methoxy groups -OCH3 is 1.